The van der Waals surface area contributed by atoms with Gasteiger partial charge in [0.15, 0.2) is 0 Å². The highest BCUT2D eigenvalue weighted by atomic mass is 32.1. The van der Waals surface area contributed by atoms with Crippen molar-refractivity contribution in [2.24, 2.45) is 5.73 Å². The Morgan fingerprint density at radius 3 is 2.47 bits per heavy atom. The second-order valence-electron chi connectivity index (χ2n) is 3.88. The molecule has 0 bridgehead atoms. The van der Waals surface area contributed by atoms with Crippen molar-refractivity contribution in [3.8, 4) is 0 Å². The monoisotopic (exact) mass is 268 g/mol. The minimum Gasteiger partial charge on any atom is -0.365 e. The molecule has 7 heteroatoms. The highest BCUT2D eigenvalue weighted by Gasteiger charge is 2.27. The summed E-state index contributed by atoms with van der Waals surface area (Å²) in [5, 5.41) is 0.540. The van der Waals surface area contributed by atoms with Crippen molar-refractivity contribution >= 4 is 11.3 Å². The maximum atomic E-state index is 11.9. The summed E-state index contributed by atoms with van der Waals surface area (Å²) >= 11 is 1.31. The Hall–Kier alpha value is -0.660. The van der Waals surface area contributed by atoms with Gasteiger partial charge in [-0.1, -0.05) is 13.8 Å². The maximum Gasteiger partial charge on any atom is 0.411 e. The smallest absolute Gasteiger partial charge is 0.365 e. The van der Waals surface area contributed by atoms with Crippen molar-refractivity contribution in [2.45, 2.75) is 39.1 Å². The lowest BCUT2D eigenvalue weighted by Crippen LogP contribution is -2.16. The molecule has 0 unspecified atom stereocenters. The average molecular weight is 268 g/mol. The van der Waals surface area contributed by atoms with E-state index < -0.39 is 12.8 Å². The van der Waals surface area contributed by atoms with Gasteiger partial charge >= 0.3 is 6.18 Å². The van der Waals surface area contributed by atoms with Crippen LogP contribution in [0, 0.1) is 0 Å². The van der Waals surface area contributed by atoms with Gasteiger partial charge in [-0.25, -0.2) is 4.98 Å². The average Bonchev–Trinajstić information content (AvgIpc) is 2.59. The molecule has 0 spiro atoms. The molecule has 0 saturated carbocycles. The third-order valence-electron chi connectivity index (χ3n) is 2.00. The van der Waals surface area contributed by atoms with E-state index in [1.807, 2.05) is 13.8 Å². The molecule has 3 nitrogen and oxygen atoms in total. The first-order valence-corrected chi connectivity index (χ1v) is 5.98. The van der Waals surface area contributed by atoms with Crippen molar-refractivity contribution in [1.82, 2.24) is 4.98 Å². The van der Waals surface area contributed by atoms with E-state index in [1.165, 1.54) is 11.3 Å². The molecular formula is C10H15F3N2OS. The molecule has 17 heavy (non-hydrogen) atoms. The van der Waals surface area contributed by atoms with Crippen LogP contribution in [-0.4, -0.2) is 17.8 Å². The molecule has 0 aliphatic heterocycles. The summed E-state index contributed by atoms with van der Waals surface area (Å²) in [4.78, 5) is 5.15. The Labute approximate surface area is 102 Å². The van der Waals surface area contributed by atoms with E-state index >= 15 is 0 Å². The lowest BCUT2D eigenvalue weighted by Gasteiger charge is -2.05. The number of halogens is 3. The van der Waals surface area contributed by atoms with E-state index in [0.717, 1.165) is 10.6 Å². The number of alkyl halides is 3. The molecule has 0 radical (unpaired) electrons. The summed E-state index contributed by atoms with van der Waals surface area (Å²) in [6, 6.07) is 0. The van der Waals surface area contributed by atoms with E-state index in [2.05, 4.69) is 9.72 Å². The number of nitrogens with two attached hydrogens (primary N) is 1. The van der Waals surface area contributed by atoms with Crippen molar-refractivity contribution in [3.63, 3.8) is 0 Å². The molecule has 0 aliphatic rings. The minimum absolute atomic E-state index is 0.121. The van der Waals surface area contributed by atoms with Crippen molar-refractivity contribution < 1.29 is 17.9 Å². The highest BCUT2D eigenvalue weighted by Crippen LogP contribution is 2.25. The molecule has 0 aliphatic carbocycles. The number of nitrogens with zero attached hydrogens (tertiary/aromatic N) is 1. The first-order chi connectivity index (χ1) is 7.83. The molecule has 98 valence electrons. The molecule has 0 atom stereocenters. The fourth-order valence-corrected chi connectivity index (χ4v) is 2.37. The van der Waals surface area contributed by atoms with Crippen LogP contribution in [0.15, 0.2) is 0 Å². The van der Waals surface area contributed by atoms with Crippen molar-refractivity contribution in [1.29, 1.82) is 0 Å². The fraction of sp³-hybridized carbons (Fsp3) is 0.700. The summed E-state index contributed by atoms with van der Waals surface area (Å²) in [5.41, 5.74) is 6.40. The largest absolute Gasteiger partial charge is 0.411 e. The Morgan fingerprint density at radius 1 is 1.41 bits per heavy atom. The summed E-state index contributed by atoms with van der Waals surface area (Å²) in [6.07, 6.45) is -4.30. The number of hydrogen-bond donors (Lipinski definition) is 1. The normalized spacial score (nSPS) is 12.4. The number of thiazole rings is 1. The first kappa shape index (κ1) is 14.4. The van der Waals surface area contributed by atoms with Gasteiger partial charge in [0.25, 0.3) is 0 Å². The molecule has 0 amide bonds. The third-order valence-corrected chi connectivity index (χ3v) is 3.06. The van der Waals surface area contributed by atoms with Crippen molar-refractivity contribution in [3.05, 3.63) is 15.6 Å². The SMILES string of the molecule is CC(C)c1nc(COCC(F)(F)F)sc1CN. The number of hydrogen-bond acceptors (Lipinski definition) is 4. The summed E-state index contributed by atoms with van der Waals surface area (Å²) in [5.74, 6) is 0.209. The van der Waals surface area contributed by atoms with Crippen LogP contribution in [0.25, 0.3) is 0 Å². The summed E-state index contributed by atoms with van der Waals surface area (Å²) in [6.45, 7) is 2.92. The summed E-state index contributed by atoms with van der Waals surface area (Å²) in [7, 11) is 0. The Kier molecular flexibility index (Phi) is 4.91. The van der Waals surface area contributed by atoms with Gasteiger partial charge in [-0.3, -0.25) is 0 Å². The van der Waals surface area contributed by atoms with Crippen LogP contribution in [-0.2, 0) is 17.9 Å². The lowest BCUT2D eigenvalue weighted by molar-refractivity contribution is -0.176. The Bertz CT molecular complexity index is 363. The van der Waals surface area contributed by atoms with Crippen LogP contribution < -0.4 is 5.73 Å². The molecule has 1 rings (SSSR count). The Morgan fingerprint density at radius 2 is 2.06 bits per heavy atom. The predicted molar refractivity (Wildman–Crippen MR) is 59.8 cm³/mol. The van der Waals surface area contributed by atoms with Gasteiger partial charge in [0.2, 0.25) is 0 Å². The molecule has 0 fully saturated rings. The van der Waals surface area contributed by atoms with Crippen LogP contribution in [0.1, 0.15) is 35.3 Å². The zero-order valence-electron chi connectivity index (χ0n) is 9.67. The third kappa shape index (κ3) is 4.61. The van der Waals surface area contributed by atoms with Crippen LogP contribution >= 0.6 is 11.3 Å². The van der Waals surface area contributed by atoms with Crippen molar-refractivity contribution in [2.75, 3.05) is 6.61 Å². The topological polar surface area (TPSA) is 48.1 Å². The van der Waals surface area contributed by atoms with Gasteiger partial charge < -0.3 is 10.5 Å². The standard InChI is InChI=1S/C10H15F3N2OS/c1-6(2)9-7(3-14)17-8(15-9)4-16-5-10(11,12)13/h6H,3-5,14H2,1-2H3. The first-order valence-electron chi connectivity index (χ1n) is 5.16. The zero-order valence-corrected chi connectivity index (χ0v) is 10.5. The van der Waals surface area contributed by atoms with E-state index in [1.54, 1.807) is 0 Å². The number of aromatic nitrogens is 1. The lowest BCUT2D eigenvalue weighted by atomic mass is 10.1. The van der Waals surface area contributed by atoms with Gasteiger partial charge in [-0.05, 0) is 5.92 Å². The predicted octanol–water partition coefficient (Wildman–Crippen LogP) is 2.80. The molecule has 0 saturated heterocycles. The summed E-state index contributed by atoms with van der Waals surface area (Å²) < 4.78 is 40.2. The van der Waals surface area contributed by atoms with E-state index in [0.29, 0.717) is 11.6 Å². The van der Waals surface area contributed by atoms with Gasteiger partial charge in [0.05, 0.1) is 12.3 Å². The highest BCUT2D eigenvalue weighted by molar-refractivity contribution is 7.11. The zero-order chi connectivity index (χ0) is 13.1. The second kappa shape index (κ2) is 5.79. The van der Waals surface area contributed by atoms with Gasteiger partial charge in [0, 0.05) is 11.4 Å². The minimum atomic E-state index is -4.30. The molecule has 1 heterocycles. The van der Waals surface area contributed by atoms with E-state index in [9.17, 15) is 13.2 Å². The molecular weight excluding hydrogens is 253 g/mol. The van der Waals surface area contributed by atoms with E-state index in [-0.39, 0.29) is 12.5 Å². The van der Waals surface area contributed by atoms with Crippen LogP contribution in [0.4, 0.5) is 13.2 Å². The molecule has 1 aromatic rings. The van der Waals surface area contributed by atoms with E-state index in [4.69, 9.17) is 5.73 Å². The fourth-order valence-electron chi connectivity index (χ4n) is 1.33. The van der Waals surface area contributed by atoms with Crippen LogP contribution in [0.2, 0.25) is 0 Å². The van der Waals surface area contributed by atoms with Gasteiger partial charge in [-0.2, -0.15) is 13.2 Å². The molecule has 2 N–H and O–H groups in total. The number of ether oxygens (including phenoxy) is 1. The van der Waals surface area contributed by atoms with Crippen LogP contribution in [0.5, 0.6) is 0 Å². The molecule has 0 aromatic carbocycles. The van der Waals surface area contributed by atoms with Crippen LogP contribution in [0.3, 0.4) is 0 Å². The second-order valence-corrected chi connectivity index (χ2v) is 5.05. The maximum absolute atomic E-state index is 11.9. The van der Waals surface area contributed by atoms with Gasteiger partial charge in [-0.15, -0.1) is 11.3 Å². The number of rotatable bonds is 5. The van der Waals surface area contributed by atoms with Gasteiger partial charge in [0.1, 0.15) is 11.6 Å². The quantitative estimate of drug-likeness (QED) is 0.893. The molecule has 1 aromatic heterocycles. The Balaban J connectivity index is 2.60.